The fraction of sp³-hybridized carbons (Fsp3) is 0.375. The summed E-state index contributed by atoms with van der Waals surface area (Å²) < 4.78 is 34.4. The van der Waals surface area contributed by atoms with E-state index in [1.54, 1.807) is 25.1 Å². The van der Waals surface area contributed by atoms with Gasteiger partial charge in [0.2, 0.25) is 0 Å². The molecule has 0 atom stereocenters. The Kier molecular flexibility index (Phi) is 8.44. The zero-order chi connectivity index (χ0) is 24.8. The lowest BCUT2D eigenvalue weighted by molar-refractivity contribution is -0.143. The van der Waals surface area contributed by atoms with Crippen LogP contribution < -0.4 is 15.4 Å². The van der Waals surface area contributed by atoms with E-state index in [0.29, 0.717) is 36.3 Å². The Labute approximate surface area is 200 Å². The number of rotatable bonds is 8. The summed E-state index contributed by atoms with van der Waals surface area (Å²) in [5, 5.41) is 14.6. The number of nitrogens with one attached hydrogen (secondary N) is 2. The van der Waals surface area contributed by atoms with Gasteiger partial charge in [-0.1, -0.05) is 11.6 Å². The summed E-state index contributed by atoms with van der Waals surface area (Å²) in [6, 6.07) is 6.40. The van der Waals surface area contributed by atoms with Crippen LogP contribution in [0.1, 0.15) is 52.0 Å². The van der Waals surface area contributed by atoms with Gasteiger partial charge >= 0.3 is 5.97 Å². The largest absolute Gasteiger partial charge is 0.487 e. The molecular weight excluding hydrogens is 470 g/mol. The first-order valence-electron chi connectivity index (χ1n) is 10.9. The second-order valence-corrected chi connectivity index (χ2v) is 8.58. The number of carbonyl (C=O) groups excluding carboxylic acids is 2. The Morgan fingerprint density at radius 1 is 1.00 bits per heavy atom. The van der Waals surface area contributed by atoms with Crippen LogP contribution in [0.4, 0.5) is 8.78 Å². The molecule has 2 aromatic carbocycles. The highest BCUT2D eigenvalue weighted by Gasteiger charge is 2.28. The molecule has 2 aromatic rings. The van der Waals surface area contributed by atoms with Gasteiger partial charge < -0.3 is 20.5 Å². The van der Waals surface area contributed by atoms with E-state index in [1.807, 2.05) is 0 Å². The fourth-order valence-electron chi connectivity index (χ4n) is 3.74. The number of aliphatic carboxylic acids is 1. The van der Waals surface area contributed by atoms with Crippen LogP contribution in [0.25, 0.3) is 0 Å². The molecule has 3 rings (SSSR count). The number of hydrogen-bond acceptors (Lipinski definition) is 4. The van der Waals surface area contributed by atoms with Gasteiger partial charge in [0, 0.05) is 29.7 Å². The molecule has 1 aliphatic carbocycles. The molecule has 1 aliphatic rings. The number of ether oxygens (including phenoxy) is 1. The maximum absolute atomic E-state index is 14.5. The molecule has 2 amide bonds. The molecule has 10 heteroatoms. The van der Waals surface area contributed by atoms with Crippen LogP contribution in [-0.4, -0.2) is 42.1 Å². The van der Waals surface area contributed by atoms with Crippen molar-refractivity contribution < 1.29 is 33.0 Å². The van der Waals surface area contributed by atoms with Gasteiger partial charge in [0.05, 0.1) is 17.6 Å². The average Bonchev–Trinajstić information content (AvgIpc) is 2.80. The SMILES string of the molecule is Cc1cc(C(=O)NCCNC(=O)c2cc(F)c(O[C@H]3CC[C@@H](C(=O)O)CC3)cc2F)ccc1Cl. The molecule has 1 saturated carbocycles. The molecular formula is C24H25ClF2N2O5. The molecule has 0 bridgehead atoms. The summed E-state index contributed by atoms with van der Waals surface area (Å²) >= 11 is 5.94. The van der Waals surface area contributed by atoms with Crippen LogP contribution in [0, 0.1) is 24.5 Å². The van der Waals surface area contributed by atoms with Gasteiger partial charge in [0.25, 0.3) is 11.8 Å². The lowest BCUT2D eigenvalue weighted by Gasteiger charge is -2.27. The van der Waals surface area contributed by atoms with Gasteiger partial charge in [0.1, 0.15) is 5.82 Å². The molecule has 0 aromatic heterocycles. The summed E-state index contributed by atoms with van der Waals surface area (Å²) in [6.07, 6.45) is 1.22. The number of carboxylic acids is 1. The topological polar surface area (TPSA) is 105 Å². The summed E-state index contributed by atoms with van der Waals surface area (Å²) in [6.45, 7) is 1.85. The minimum absolute atomic E-state index is 0.00325. The van der Waals surface area contributed by atoms with Crippen molar-refractivity contribution in [3.8, 4) is 5.75 Å². The van der Waals surface area contributed by atoms with Crippen LogP contribution in [0.3, 0.4) is 0 Å². The van der Waals surface area contributed by atoms with Crippen molar-refractivity contribution in [1.82, 2.24) is 10.6 Å². The molecule has 182 valence electrons. The monoisotopic (exact) mass is 494 g/mol. The number of benzene rings is 2. The minimum atomic E-state index is -0.950. The van der Waals surface area contributed by atoms with Gasteiger partial charge in [-0.25, -0.2) is 8.78 Å². The number of carboxylic acid groups (broad SMARTS) is 1. The molecule has 0 saturated heterocycles. The molecule has 3 N–H and O–H groups in total. The summed E-state index contributed by atoms with van der Waals surface area (Å²) in [7, 11) is 0. The molecule has 0 radical (unpaired) electrons. The third kappa shape index (κ3) is 6.44. The van der Waals surface area contributed by atoms with Crippen LogP contribution in [0.15, 0.2) is 30.3 Å². The smallest absolute Gasteiger partial charge is 0.306 e. The zero-order valence-electron chi connectivity index (χ0n) is 18.5. The first kappa shape index (κ1) is 25.4. The third-order valence-electron chi connectivity index (χ3n) is 5.70. The Hall–Kier alpha value is -3.20. The minimum Gasteiger partial charge on any atom is -0.487 e. The van der Waals surface area contributed by atoms with Gasteiger partial charge in [-0.2, -0.15) is 0 Å². The lowest BCUT2D eigenvalue weighted by Crippen LogP contribution is -2.35. The maximum Gasteiger partial charge on any atom is 0.306 e. The van der Waals surface area contributed by atoms with E-state index in [9.17, 15) is 23.2 Å². The number of carbonyl (C=O) groups is 3. The van der Waals surface area contributed by atoms with Crippen LogP contribution in [0.5, 0.6) is 5.75 Å². The molecule has 1 fully saturated rings. The standard InChI is InChI=1S/C24H25ClF2N2O5/c1-13-10-15(4-7-18(13)25)22(30)28-8-9-29-23(31)17-11-20(27)21(12-19(17)26)34-16-5-2-14(3-6-16)24(32)33/h4,7,10-12,14,16H,2-3,5-6,8-9H2,1H3,(H,28,30)(H,29,31)(H,32,33)/t14-,16+. The normalized spacial score (nSPS) is 17.6. The van der Waals surface area contributed by atoms with E-state index >= 15 is 0 Å². The van der Waals surface area contributed by atoms with Crippen molar-refractivity contribution in [2.45, 2.75) is 38.7 Å². The second-order valence-electron chi connectivity index (χ2n) is 8.17. The highest BCUT2D eigenvalue weighted by Crippen LogP contribution is 2.30. The van der Waals surface area contributed by atoms with E-state index in [0.717, 1.165) is 17.7 Å². The van der Waals surface area contributed by atoms with Crippen LogP contribution in [-0.2, 0) is 4.79 Å². The van der Waals surface area contributed by atoms with Gasteiger partial charge in [-0.05, 0) is 62.4 Å². The highest BCUT2D eigenvalue weighted by atomic mass is 35.5. The highest BCUT2D eigenvalue weighted by molar-refractivity contribution is 6.31. The van der Waals surface area contributed by atoms with E-state index < -0.39 is 41.1 Å². The molecule has 0 aliphatic heterocycles. The van der Waals surface area contributed by atoms with Crippen LogP contribution >= 0.6 is 11.6 Å². The van der Waals surface area contributed by atoms with Crippen molar-refractivity contribution in [1.29, 1.82) is 0 Å². The number of hydrogen-bond donors (Lipinski definition) is 3. The lowest BCUT2D eigenvalue weighted by atomic mass is 9.87. The Bertz CT molecular complexity index is 1090. The average molecular weight is 495 g/mol. The first-order chi connectivity index (χ1) is 16.2. The molecule has 0 heterocycles. The Morgan fingerprint density at radius 2 is 1.65 bits per heavy atom. The number of amides is 2. The second kappa shape index (κ2) is 11.3. The molecule has 7 nitrogen and oxygen atoms in total. The van der Waals surface area contributed by atoms with E-state index in [-0.39, 0.29) is 24.7 Å². The Balaban J connectivity index is 1.50. The van der Waals surface area contributed by atoms with Crippen molar-refractivity contribution >= 4 is 29.4 Å². The van der Waals surface area contributed by atoms with Crippen LogP contribution in [0.2, 0.25) is 5.02 Å². The van der Waals surface area contributed by atoms with Crippen molar-refractivity contribution in [2.24, 2.45) is 5.92 Å². The summed E-state index contributed by atoms with van der Waals surface area (Å²) in [4.78, 5) is 35.5. The van der Waals surface area contributed by atoms with E-state index in [2.05, 4.69) is 10.6 Å². The molecule has 0 unspecified atom stereocenters. The molecule has 34 heavy (non-hydrogen) atoms. The third-order valence-corrected chi connectivity index (χ3v) is 6.12. The van der Waals surface area contributed by atoms with Gasteiger partial charge in [-0.15, -0.1) is 0 Å². The first-order valence-corrected chi connectivity index (χ1v) is 11.2. The Morgan fingerprint density at radius 3 is 2.26 bits per heavy atom. The number of aryl methyl sites for hydroxylation is 1. The van der Waals surface area contributed by atoms with Crippen molar-refractivity contribution in [3.05, 3.63) is 63.7 Å². The summed E-state index contributed by atoms with van der Waals surface area (Å²) in [5.41, 5.74) is 0.674. The zero-order valence-corrected chi connectivity index (χ0v) is 19.3. The van der Waals surface area contributed by atoms with E-state index in [1.165, 1.54) is 0 Å². The molecule has 0 spiro atoms. The van der Waals surface area contributed by atoms with Gasteiger partial charge in [0.15, 0.2) is 11.6 Å². The predicted octanol–water partition coefficient (Wildman–Crippen LogP) is 4.11. The predicted molar refractivity (Wildman–Crippen MR) is 121 cm³/mol. The number of halogens is 3. The fourth-order valence-corrected chi connectivity index (χ4v) is 3.85. The van der Waals surface area contributed by atoms with Gasteiger partial charge in [-0.3, -0.25) is 14.4 Å². The van der Waals surface area contributed by atoms with E-state index in [4.69, 9.17) is 21.4 Å². The quantitative estimate of drug-likeness (QED) is 0.479. The van der Waals surface area contributed by atoms with Crippen molar-refractivity contribution in [3.63, 3.8) is 0 Å². The van der Waals surface area contributed by atoms with Crippen molar-refractivity contribution in [2.75, 3.05) is 13.1 Å². The maximum atomic E-state index is 14.5. The summed E-state index contributed by atoms with van der Waals surface area (Å²) in [5.74, 6) is -4.67.